The fraction of sp³-hybridized carbons (Fsp3) is 0.214. The van der Waals surface area contributed by atoms with Gasteiger partial charge < -0.3 is 9.30 Å². The van der Waals surface area contributed by atoms with Gasteiger partial charge in [0, 0.05) is 25.1 Å². The van der Waals surface area contributed by atoms with Crippen LogP contribution in [0.3, 0.4) is 0 Å². The quantitative estimate of drug-likeness (QED) is 0.314. The third kappa shape index (κ3) is 4.76. The van der Waals surface area contributed by atoms with Crippen molar-refractivity contribution in [3.63, 3.8) is 0 Å². The summed E-state index contributed by atoms with van der Waals surface area (Å²) in [5, 5.41) is 8.40. The fourth-order valence-electron chi connectivity index (χ4n) is 4.29. The maximum absolute atomic E-state index is 13.6. The Hall–Kier alpha value is -4.30. The molecular weight excluding hydrogens is 454 g/mol. The van der Waals surface area contributed by atoms with E-state index in [0.717, 1.165) is 23.0 Å². The average molecular weight is 482 g/mol. The molecule has 0 saturated carbocycles. The van der Waals surface area contributed by atoms with Crippen LogP contribution in [0.25, 0.3) is 21.8 Å². The van der Waals surface area contributed by atoms with Gasteiger partial charge in [-0.2, -0.15) is 5.10 Å². The molecule has 0 fully saturated rings. The molecule has 0 aliphatic carbocycles. The van der Waals surface area contributed by atoms with Crippen LogP contribution in [-0.2, 0) is 17.8 Å². The van der Waals surface area contributed by atoms with Crippen molar-refractivity contribution in [2.24, 2.45) is 0 Å². The molecule has 3 aromatic carbocycles. The van der Waals surface area contributed by atoms with E-state index in [1.165, 1.54) is 4.68 Å². The molecule has 0 radical (unpaired) electrons. The number of amides is 1. The number of nitrogens with one attached hydrogen (secondary N) is 1. The Labute approximate surface area is 208 Å². The third-order valence-corrected chi connectivity index (χ3v) is 6.01. The number of carbonyl (C=O) groups excluding carboxylic acids is 1. The monoisotopic (exact) mass is 481 g/mol. The second kappa shape index (κ2) is 10.5. The molecule has 0 unspecified atom stereocenters. The van der Waals surface area contributed by atoms with E-state index >= 15 is 0 Å². The van der Waals surface area contributed by atoms with Gasteiger partial charge in [0.1, 0.15) is 0 Å². The van der Waals surface area contributed by atoms with Gasteiger partial charge in [-0.15, -0.1) is 0 Å². The van der Waals surface area contributed by atoms with Gasteiger partial charge in [-0.25, -0.2) is 9.67 Å². The first-order valence-electron chi connectivity index (χ1n) is 12.0. The second-order valence-corrected chi connectivity index (χ2v) is 8.42. The summed E-state index contributed by atoms with van der Waals surface area (Å²) in [6.07, 6.45) is 0.778. The van der Waals surface area contributed by atoms with Crippen LogP contribution in [0.1, 0.15) is 29.4 Å². The molecule has 8 nitrogen and oxygen atoms in total. The molecule has 0 atom stereocenters. The van der Waals surface area contributed by atoms with Gasteiger partial charge in [-0.05, 0) is 37.1 Å². The number of benzene rings is 3. The highest BCUT2D eigenvalue weighted by Crippen LogP contribution is 2.22. The Bertz CT molecular complexity index is 1570. The van der Waals surface area contributed by atoms with Crippen molar-refractivity contribution in [2.75, 3.05) is 18.5 Å². The summed E-state index contributed by atoms with van der Waals surface area (Å²) in [6.45, 7) is 4.14. The van der Waals surface area contributed by atoms with Gasteiger partial charge in [0.05, 0.1) is 23.0 Å². The lowest BCUT2D eigenvalue weighted by atomic mass is 10.1. The molecular formula is C28H27N5O3. The molecule has 2 aromatic heterocycles. The van der Waals surface area contributed by atoms with E-state index in [1.807, 2.05) is 66.1 Å². The summed E-state index contributed by atoms with van der Waals surface area (Å²) in [4.78, 5) is 31.4. The zero-order valence-corrected chi connectivity index (χ0v) is 20.1. The summed E-state index contributed by atoms with van der Waals surface area (Å²) >= 11 is 0. The summed E-state index contributed by atoms with van der Waals surface area (Å²) in [5.74, 6) is 0.0127. The molecule has 8 heteroatoms. The number of para-hydroxylation sites is 2. The van der Waals surface area contributed by atoms with E-state index in [9.17, 15) is 9.59 Å². The Morgan fingerprint density at radius 1 is 0.944 bits per heavy atom. The van der Waals surface area contributed by atoms with Gasteiger partial charge >= 0.3 is 0 Å². The lowest BCUT2D eigenvalue weighted by molar-refractivity contribution is 0.102. The predicted molar refractivity (Wildman–Crippen MR) is 140 cm³/mol. The number of aryl methyl sites for hydroxylation is 1. The van der Waals surface area contributed by atoms with E-state index in [1.54, 1.807) is 24.3 Å². The highest BCUT2D eigenvalue weighted by Gasteiger charge is 2.20. The maximum Gasteiger partial charge on any atom is 0.279 e. The number of hydrogen-bond acceptors (Lipinski definition) is 5. The molecule has 5 aromatic rings. The topological polar surface area (TPSA) is 91.0 Å². The summed E-state index contributed by atoms with van der Waals surface area (Å²) in [5.41, 5.74) is 2.57. The van der Waals surface area contributed by atoms with Gasteiger partial charge in [0.25, 0.3) is 11.5 Å². The number of rotatable bonds is 9. The largest absolute Gasteiger partial charge is 0.382 e. The fourth-order valence-corrected chi connectivity index (χ4v) is 4.29. The van der Waals surface area contributed by atoms with Crippen molar-refractivity contribution in [1.82, 2.24) is 19.3 Å². The van der Waals surface area contributed by atoms with E-state index in [-0.39, 0.29) is 17.8 Å². The number of fused-ring (bicyclic) bond motifs is 2. The molecule has 5 rings (SSSR count). The third-order valence-electron chi connectivity index (χ3n) is 6.01. The lowest BCUT2D eigenvalue weighted by Crippen LogP contribution is -2.28. The standard InChI is InChI=1S/C28H27N5O3/c1-2-36-18-10-17-32-24-16-9-8-15-23(24)29-28(32)30-26(34)25-21-13-6-7-14-22(21)27(35)33(31-25)19-20-11-4-3-5-12-20/h3-9,11-16H,2,10,17-19H2,1H3,(H,29,30,34). The van der Waals surface area contributed by atoms with Gasteiger partial charge in [-0.1, -0.05) is 60.7 Å². The Balaban J connectivity index is 1.52. The van der Waals surface area contributed by atoms with Crippen molar-refractivity contribution in [1.29, 1.82) is 0 Å². The Morgan fingerprint density at radius 2 is 1.67 bits per heavy atom. The SMILES string of the molecule is CCOCCCn1c(NC(=O)c2nn(Cc3ccccc3)c(=O)c3ccccc23)nc2ccccc21. The minimum Gasteiger partial charge on any atom is -0.382 e. The molecule has 36 heavy (non-hydrogen) atoms. The number of anilines is 1. The number of ether oxygens (including phenoxy) is 1. The minimum atomic E-state index is -0.422. The molecule has 0 aliphatic rings. The molecule has 0 spiro atoms. The number of aromatic nitrogens is 4. The smallest absolute Gasteiger partial charge is 0.279 e. The molecule has 0 aliphatic heterocycles. The zero-order chi connectivity index (χ0) is 24.9. The first-order chi connectivity index (χ1) is 17.7. The minimum absolute atomic E-state index is 0.175. The molecule has 1 amide bonds. The van der Waals surface area contributed by atoms with Crippen LogP contribution in [0.5, 0.6) is 0 Å². The molecule has 0 saturated heterocycles. The van der Waals surface area contributed by atoms with Crippen molar-refractivity contribution in [3.05, 3.63) is 100 Å². The van der Waals surface area contributed by atoms with Crippen LogP contribution in [0.2, 0.25) is 0 Å². The Morgan fingerprint density at radius 3 is 2.47 bits per heavy atom. The number of nitrogens with zero attached hydrogens (tertiary/aromatic N) is 4. The van der Waals surface area contributed by atoms with Gasteiger partial charge in [0.2, 0.25) is 5.95 Å². The first kappa shape index (κ1) is 23.4. The molecule has 2 heterocycles. The van der Waals surface area contributed by atoms with Crippen molar-refractivity contribution in [2.45, 2.75) is 26.4 Å². The van der Waals surface area contributed by atoms with E-state index in [0.29, 0.717) is 36.5 Å². The van der Waals surface area contributed by atoms with E-state index in [2.05, 4.69) is 15.4 Å². The summed E-state index contributed by atoms with van der Waals surface area (Å²) in [6, 6.07) is 24.4. The van der Waals surface area contributed by atoms with Gasteiger partial charge in [-0.3, -0.25) is 14.9 Å². The van der Waals surface area contributed by atoms with Crippen LogP contribution in [-0.4, -0.2) is 38.5 Å². The van der Waals surface area contributed by atoms with Gasteiger partial charge in [0.15, 0.2) is 5.69 Å². The van der Waals surface area contributed by atoms with Crippen molar-refractivity contribution in [3.8, 4) is 0 Å². The van der Waals surface area contributed by atoms with Crippen LogP contribution in [0, 0.1) is 0 Å². The molecule has 0 bridgehead atoms. The predicted octanol–water partition coefficient (Wildman–Crippen LogP) is 4.47. The zero-order valence-electron chi connectivity index (χ0n) is 20.1. The number of imidazole rings is 1. The maximum atomic E-state index is 13.6. The second-order valence-electron chi connectivity index (χ2n) is 8.42. The van der Waals surface area contributed by atoms with Crippen LogP contribution in [0.15, 0.2) is 83.7 Å². The summed E-state index contributed by atoms with van der Waals surface area (Å²) < 4.78 is 8.82. The first-order valence-corrected chi connectivity index (χ1v) is 12.0. The highest BCUT2D eigenvalue weighted by atomic mass is 16.5. The number of hydrogen-bond donors (Lipinski definition) is 1. The van der Waals surface area contributed by atoms with Crippen molar-refractivity contribution < 1.29 is 9.53 Å². The Kier molecular flexibility index (Phi) is 6.86. The van der Waals surface area contributed by atoms with Crippen LogP contribution < -0.4 is 10.9 Å². The van der Waals surface area contributed by atoms with Crippen LogP contribution >= 0.6 is 0 Å². The van der Waals surface area contributed by atoms with Crippen LogP contribution in [0.4, 0.5) is 5.95 Å². The summed E-state index contributed by atoms with van der Waals surface area (Å²) in [7, 11) is 0. The lowest BCUT2D eigenvalue weighted by Gasteiger charge is -2.13. The average Bonchev–Trinajstić information content (AvgIpc) is 3.25. The highest BCUT2D eigenvalue weighted by molar-refractivity contribution is 6.10. The normalized spacial score (nSPS) is 11.2. The molecule has 1 N–H and O–H groups in total. The van der Waals surface area contributed by atoms with E-state index in [4.69, 9.17) is 4.74 Å². The molecule has 182 valence electrons. The van der Waals surface area contributed by atoms with E-state index < -0.39 is 5.91 Å². The number of carbonyl (C=O) groups is 1. The van der Waals surface area contributed by atoms with Crippen molar-refractivity contribution >= 4 is 33.7 Å².